The van der Waals surface area contributed by atoms with Crippen LogP contribution in [0.15, 0.2) is 42.5 Å². The van der Waals surface area contributed by atoms with Crippen LogP contribution in [0.1, 0.15) is 27.8 Å². The van der Waals surface area contributed by atoms with Gasteiger partial charge in [-0.05, 0) is 37.3 Å². The van der Waals surface area contributed by atoms with Crippen LogP contribution in [0, 0.1) is 5.95 Å². The number of benzene rings is 1. The van der Waals surface area contributed by atoms with Crippen molar-refractivity contribution < 1.29 is 18.7 Å². The predicted molar refractivity (Wildman–Crippen MR) is 74.5 cm³/mol. The van der Waals surface area contributed by atoms with E-state index >= 15 is 0 Å². The molecule has 0 aliphatic heterocycles. The zero-order chi connectivity index (χ0) is 15.2. The maximum absolute atomic E-state index is 13.0. The monoisotopic (exact) mass is 288 g/mol. The van der Waals surface area contributed by atoms with E-state index in [1.807, 2.05) is 0 Å². The second-order valence-corrected chi connectivity index (χ2v) is 4.10. The van der Waals surface area contributed by atoms with E-state index in [1.165, 1.54) is 18.2 Å². The van der Waals surface area contributed by atoms with Crippen LogP contribution in [0.25, 0.3) is 0 Å². The lowest BCUT2D eigenvalue weighted by Crippen LogP contribution is -2.14. The van der Waals surface area contributed by atoms with Crippen molar-refractivity contribution in [2.45, 2.75) is 6.92 Å². The Morgan fingerprint density at radius 2 is 2.00 bits per heavy atom. The molecule has 1 amide bonds. The van der Waals surface area contributed by atoms with E-state index in [-0.39, 0.29) is 12.3 Å². The smallest absolute Gasteiger partial charge is 0.338 e. The fraction of sp³-hybridized carbons (Fsp3) is 0.133. The number of hydrogen-bond acceptors (Lipinski definition) is 4. The summed E-state index contributed by atoms with van der Waals surface area (Å²) in [5, 5.41) is 2.55. The van der Waals surface area contributed by atoms with Gasteiger partial charge in [0.15, 0.2) is 0 Å². The number of carbonyl (C=O) groups excluding carboxylic acids is 2. The number of rotatable bonds is 4. The Morgan fingerprint density at radius 3 is 2.71 bits per heavy atom. The molecule has 2 aromatic rings. The Hall–Kier alpha value is -2.76. The Labute approximate surface area is 120 Å². The normalized spacial score (nSPS) is 10.0. The minimum atomic E-state index is -0.733. The second-order valence-electron chi connectivity index (χ2n) is 4.10. The van der Waals surface area contributed by atoms with Gasteiger partial charge in [-0.25, -0.2) is 9.78 Å². The van der Waals surface area contributed by atoms with Crippen LogP contribution in [-0.4, -0.2) is 23.5 Å². The molecule has 0 unspecified atom stereocenters. The Balaban J connectivity index is 2.14. The molecule has 0 atom stereocenters. The Bertz CT molecular complexity index is 673. The fourth-order valence-electron chi connectivity index (χ4n) is 1.67. The highest BCUT2D eigenvalue weighted by Crippen LogP contribution is 2.13. The lowest BCUT2D eigenvalue weighted by molar-refractivity contribution is 0.0526. The van der Waals surface area contributed by atoms with Crippen molar-refractivity contribution in [3.8, 4) is 0 Å². The van der Waals surface area contributed by atoms with E-state index < -0.39 is 17.8 Å². The molecule has 0 fully saturated rings. The summed E-state index contributed by atoms with van der Waals surface area (Å²) in [5.74, 6) is -1.77. The predicted octanol–water partition coefficient (Wildman–Crippen LogP) is 2.65. The molecule has 0 spiro atoms. The maximum Gasteiger partial charge on any atom is 0.338 e. The molecule has 6 heteroatoms. The van der Waals surface area contributed by atoms with E-state index in [0.29, 0.717) is 11.3 Å². The average Bonchev–Trinajstić information content (AvgIpc) is 2.48. The summed E-state index contributed by atoms with van der Waals surface area (Å²) in [6.07, 6.45) is 0. The van der Waals surface area contributed by atoms with E-state index in [0.717, 1.165) is 6.07 Å². The van der Waals surface area contributed by atoms with Crippen LogP contribution in [-0.2, 0) is 4.74 Å². The van der Waals surface area contributed by atoms with Gasteiger partial charge in [0.05, 0.1) is 12.2 Å². The van der Waals surface area contributed by atoms with E-state index in [9.17, 15) is 14.0 Å². The first-order valence-corrected chi connectivity index (χ1v) is 6.31. The number of aromatic nitrogens is 1. The number of pyridine rings is 1. The lowest BCUT2D eigenvalue weighted by Gasteiger charge is -2.07. The Kier molecular flexibility index (Phi) is 4.61. The molecule has 0 saturated carbocycles. The van der Waals surface area contributed by atoms with E-state index in [4.69, 9.17) is 4.74 Å². The summed E-state index contributed by atoms with van der Waals surface area (Å²) in [4.78, 5) is 27.0. The molecule has 5 nitrogen and oxygen atoms in total. The van der Waals surface area contributed by atoms with Crippen LogP contribution in [0.4, 0.5) is 10.1 Å². The summed E-state index contributed by atoms with van der Waals surface area (Å²) >= 11 is 0. The maximum atomic E-state index is 13.0. The summed E-state index contributed by atoms with van der Waals surface area (Å²) in [6, 6.07) is 10.2. The van der Waals surface area contributed by atoms with Gasteiger partial charge in [0.1, 0.15) is 5.69 Å². The van der Waals surface area contributed by atoms with Crippen LogP contribution in [0.5, 0.6) is 0 Å². The first-order valence-electron chi connectivity index (χ1n) is 6.31. The molecule has 1 N–H and O–H groups in total. The SMILES string of the molecule is CCOC(=O)c1cccc(NC(=O)c2cccc(F)n2)c1. The highest BCUT2D eigenvalue weighted by molar-refractivity contribution is 6.03. The van der Waals surface area contributed by atoms with Crippen molar-refractivity contribution in [2.75, 3.05) is 11.9 Å². The quantitative estimate of drug-likeness (QED) is 0.693. The molecule has 0 aliphatic rings. The van der Waals surface area contributed by atoms with Gasteiger partial charge in [-0.1, -0.05) is 12.1 Å². The molecular formula is C15H13FN2O3. The molecule has 108 valence electrons. The molecule has 0 bridgehead atoms. The van der Waals surface area contributed by atoms with Crippen molar-refractivity contribution in [1.82, 2.24) is 4.98 Å². The number of esters is 1. The topological polar surface area (TPSA) is 68.3 Å². The van der Waals surface area contributed by atoms with Gasteiger partial charge in [0.2, 0.25) is 5.95 Å². The lowest BCUT2D eigenvalue weighted by atomic mass is 10.2. The van der Waals surface area contributed by atoms with E-state index in [2.05, 4.69) is 10.3 Å². The molecule has 0 saturated heterocycles. The van der Waals surface area contributed by atoms with Crippen molar-refractivity contribution >= 4 is 17.6 Å². The van der Waals surface area contributed by atoms with Crippen molar-refractivity contribution in [3.05, 3.63) is 59.7 Å². The third kappa shape index (κ3) is 3.85. The first kappa shape index (κ1) is 14.6. The number of amides is 1. The molecule has 21 heavy (non-hydrogen) atoms. The fourth-order valence-corrected chi connectivity index (χ4v) is 1.67. The molecule has 0 radical (unpaired) electrons. The minimum Gasteiger partial charge on any atom is -0.462 e. The molecule has 0 aliphatic carbocycles. The van der Waals surface area contributed by atoms with Gasteiger partial charge in [0, 0.05) is 5.69 Å². The number of hydrogen-bond donors (Lipinski definition) is 1. The van der Waals surface area contributed by atoms with Gasteiger partial charge < -0.3 is 10.1 Å². The summed E-state index contributed by atoms with van der Waals surface area (Å²) in [7, 11) is 0. The first-order chi connectivity index (χ1) is 10.1. The van der Waals surface area contributed by atoms with Crippen molar-refractivity contribution in [1.29, 1.82) is 0 Å². The summed E-state index contributed by atoms with van der Waals surface area (Å²) in [6.45, 7) is 1.97. The van der Waals surface area contributed by atoms with Gasteiger partial charge in [-0.3, -0.25) is 4.79 Å². The van der Waals surface area contributed by atoms with Gasteiger partial charge in [-0.2, -0.15) is 4.39 Å². The zero-order valence-corrected chi connectivity index (χ0v) is 11.3. The summed E-state index contributed by atoms with van der Waals surface area (Å²) < 4.78 is 17.8. The largest absolute Gasteiger partial charge is 0.462 e. The number of anilines is 1. The zero-order valence-electron chi connectivity index (χ0n) is 11.3. The van der Waals surface area contributed by atoms with Crippen molar-refractivity contribution in [2.24, 2.45) is 0 Å². The Morgan fingerprint density at radius 1 is 1.24 bits per heavy atom. The van der Waals surface area contributed by atoms with Crippen LogP contribution < -0.4 is 5.32 Å². The average molecular weight is 288 g/mol. The number of carbonyl (C=O) groups is 2. The molecular weight excluding hydrogens is 275 g/mol. The van der Waals surface area contributed by atoms with E-state index in [1.54, 1.807) is 25.1 Å². The molecule has 1 heterocycles. The summed E-state index contributed by atoms with van der Waals surface area (Å²) in [5.41, 5.74) is 0.676. The number of ether oxygens (including phenoxy) is 1. The number of halogens is 1. The number of nitrogens with zero attached hydrogens (tertiary/aromatic N) is 1. The highest BCUT2D eigenvalue weighted by atomic mass is 19.1. The van der Waals surface area contributed by atoms with Crippen LogP contribution in [0.3, 0.4) is 0 Å². The second kappa shape index (κ2) is 6.60. The van der Waals surface area contributed by atoms with Gasteiger partial charge >= 0.3 is 5.97 Å². The minimum absolute atomic E-state index is 0.0449. The third-order valence-corrected chi connectivity index (χ3v) is 2.58. The van der Waals surface area contributed by atoms with Crippen molar-refractivity contribution in [3.63, 3.8) is 0 Å². The van der Waals surface area contributed by atoms with Crippen LogP contribution in [0.2, 0.25) is 0 Å². The molecule has 1 aromatic carbocycles. The highest BCUT2D eigenvalue weighted by Gasteiger charge is 2.11. The standard InChI is InChI=1S/C15H13FN2O3/c1-2-21-15(20)10-5-3-6-11(9-10)17-14(19)12-7-4-8-13(16)18-12/h3-9H,2H2,1H3,(H,17,19). The van der Waals surface area contributed by atoms with Gasteiger partial charge in [-0.15, -0.1) is 0 Å². The molecule has 1 aromatic heterocycles. The third-order valence-electron chi connectivity index (χ3n) is 2.58. The molecule has 2 rings (SSSR count). The van der Waals surface area contributed by atoms with Gasteiger partial charge in [0.25, 0.3) is 5.91 Å². The van der Waals surface area contributed by atoms with Crippen LogP contribution >= 0.6 is 0 Å². The number of nitrogens with one attached hydrogen (secondary N) is 1.